The minimum atomic E-state index is -1.24. The van der Waals surface area contributed by atoms with Crippen LogP contribution in [0.4, 0.5) is 4.79 Å². The van der Waals surface area contributed by atoms with E-state index in [1.807, 2.05) is 6.07 Å². The third-order valence-electron chi connectivity index (χ3n) is 5.12. The van der Waals surface area contributed by atoms with Gasteiger partial charge >= 0.3 is 6.09 Å². The molecule has 3 rings (SSSR count). The Balaban J connectivity index is 1.97. The molecular weight excluding hydrogens is 572 g/mol. The van der Waals surface area contributed by atoms with E-state index in [1.54, 1.807) is 93.6 Å². The highest BCUT2D eigenvalue weighted by Crippen LogP contribution is 2.24. The van der Waals surface area contributed by atoms with Crippen LogP contribution in [-0.4, -0.2) is 29.3 Å². The molecule has 0 heterocycles. The molecular formula is C28H28BrClN4O4. The first-order valence-electron chi connectivity index (χ1n) is 11.7. The van der Waals surface area contributed by atoms with Crippen molar-refractivity contribution in [3.05, 3.63) is 105 Å². The zero-order chi connectivity index (χ0) is 27.9. The van der Waals surface area contributed by atoms with E-state index in [9.17, 15) is 14.4 Å². The molecule has 3 amide bonds. The lowest BCUT2D eigenvalue weighted by molar-refractivity contribution is -0.128. The fraction of sp³-hybridized carbons (Fsp3) is 0.214. The number of carbonyl (C=O) groups is 3. The van der Waals surface area contributed by atoms with E-state index in [0.29, 0.717) is 26.2 Å². The second kappa shape index (κ2) is 12.7. The number of carbonyl (C=O) groups excluding carboxylic acids is 3. The summed E-state index contributed by atoms with van der Waals surface area (Å²) in [7, 11) is 0. The quantitative estimate of drug-likeness (QED) is 0.246. The number of amides is 3. The molecule has 0 aliphatic heterocycles. The maximum absolute atomic E-state index is 13.6. The standard InChI is InChI=1S/C28H28BrClN4O4/c1-28(2,3)38-27(37)33-23(18-11-7-13-20(29)15-18)25(35)32-22(19-12-8-14-21(30)16-19)26(36)34-24(31)17-9-5-4-6-10-17/h4-16,22-23H,1-3H3,(H,32,35)(H,33,37)(H2,31,34,36). The second-order valence-electron chi connectivity index (χ2n) is 9.33. The van der Waals surface area contributed by atoms with Crippen LogP contribution in [0.2, 0.25) is 5.02 Å². The number of amidine groups is 1. The van der Waals surface area contributed by atoms with E-state index >= 15 is 0 Å². The summed E-state index contributed by atoms with van der Waals surface area (Å²) in [5.41, 5.74) is 6.70. The first-order chi connectivity index (χ1) is 17.9. The molecule has 0 saturated heterocycles. The summed E-state index contributed by atoms with van der Waals surface area (Å²) in [5.74, 6) is -1.39. The van der Waals surface area contributed by atoms with Gasteiger partial charge in [-0.3, -0.25) is 9.59 Å². The van der Waals surface area contributed by atoms with Gasteiger partial charge in [0, 0.05) is 15.1 Å². The van der Waals surface area contributed by atoms with Crippen molar-refractivity contribution in [3.63, 3.8) is 0 Å². The van der Waals surface area contributed by atoms with Gasteiger partial charge in [-0.2, -0.15) is 4.99 Å². The Morgan fingerprint density at radius 1 is 0.895 bits per heavy atom. The monoisotopic (exact) mass is 598 g/mol. The number of aliphatic imine (C=N–C) groups is 1. The molecule has 2 unspecified atom stereocenters. The van der Waals surface area contributed by atoms with Crippen LogP contribution in [-0.2, 0) is 14.3 Å². The molecule has 38 heavy (non-hydrogen) atoms. The van der Waals surface area contributed by atoms with E-state index < -0.39 is 35.6 Å². The minimum absolute atomic E-state index is 0.00713. The minimum Gasteiger partial charge on any atom is -0.444 e. The molecule has 0 saturated carbocycles. The Kier molecular flexibility index (Phi) is 9.66. The van der Waals surface area contributed by atoms with Gasteiger partial charge in [-0.05, 0) is 56.2 Å². The smallest absolute Gasteiger partial charge is 0.408 e. The Morgan fingerprint density at radius 2 is 1.53 bits per heavy atom. The summed E-state index contributed by atoms with van der Waals surface area (Å²) in [5, 5.41) is 5.67. The summed E-state index contributed by atoms with van der Waals surface area (Å²) < 4.78 is 6.06. The predicted molar refractivity (Wildman–Crippen MR) is 151 cm³/mol. The molecule has 3 aromatic rings. The summed E-state index contributed by atoms with van der Waals surface area (Å²) >= 11 is 9.56. The van der Waals surface area contributed by atoms with Gasteiger partial charge in [0.2, 0.25) is 5.91 Å². The van der Waals surface area contributed by atoms with Crippen LogP contribution < -0.4 is 16.4 Å². The zero-order valence-corrected chi connectivity index (χ0v) is 23.4. The molecule has 198 valence electrons. The molecule has 0 radical (unpaired) electrons. The normalized spacial score (nSPS) is 13.2. The highest BCUT2D eigenvalue weighted by atomic mass is 79.9. The molecule has 3 aromatic carbocycles. The summed E-state index contributed by atoms with van der Waals surface area (Å²) in [6.07, 6.45) is -0.797. The third-order valence-corrected chi connectivity index (χ3v) is 5.85. The second-order valence-corrected chi connectivity index (χ2v) is 10.7. The van der Waals surface area contributed by atoms with Crippen LogP contribution in [0.5, 0.6) is 0 Å². The zero-order valence-electron chi connectivity index (χ0n) is 21.1. The number of nitrogens with one attached hydrogen (secondary N) is 2. The first-order valence-corrected chi connectivity index (χ1v) is 12.8. The number of benzene rings is 3. The maximum atomic E-state index is 13.6. The lowest BCUT2D eigenvalue weighted by Crippen LogP contribution is -2.44. The van der Waals surface area contributed by atoms with Gasteiger partial charge in [-0.15, -0.1) is 0 Å². The van der Waals surface area contributed by atoms with Gasteiger partial charge in [-0.25, -0.2) is 4.79 Å². The van der Waals surface area contributed by atoms with Crippen molar-refractivity contribution in [3.8, 4) is 0 Å². The number of nitrogens with zero attached hydrogens (tertiary/aromatic N) is 1. The average molecular weight is 600 g/mol. The van der Waals surface area contributed by atoms with Crippen LogP contribution in [0, 0.1) is 0 Å². The predicted octanol–water partition coefficient (Wildman–Crippen LogP) is 5.46. The summed E-state index contributed by atoms with van der Waals surface area (Å²) in [6.45, 7) is 5.14. The van der Waals surface area contributed by atoms with Crippen molar-refractivity contribution in [1.29, 1.82) is 0 Å². The number of ether oxygens (including phenoxy) is 1. The molecule has 0 aromatic heterocycles. The number of hydrogen-bond acceptors (Lipinski definition) is 4. The van der Waals surface area contributed by atoms with Crippen molar-refractivity contribution in [2.75, 3.05) is 0 Å². The molecule has 0 bridgehead atoms. The van der Waals surface area contributed by atoms with E-state index in [0.717, 1.165) is 0 Å². The largest absolute Gasteiger partial charge is 0.444 e. The van der Waals surface area contributed by atoms with Crippen molar-refractivity contribution in [2.45, 2.75) is 38.5 Å². The molecule has 8 nitrogen and oxygen atoms in total. The fourth-order valence-corrected chi connectivity index (χ4v) is 4.08. The first kappa shape index (κ1) is 28.9. The van der Waals surface area contributed by atoms with Crippen molar-refractivity contribution in [2.24, 2.45) is 10.7 Å². The van der Waals surface area contributed by atoms with Crippen molar-refractivity contribution in [1.82, 2.24) is 10.6 Å². The topological polar surface area (TPSA) is 123 Å². The lowest BCUT2D eigenvalue weighted by atomic mass is 10.0. The molecule has 0 fully saturated rings. The molecule has 0 aliphatic carbocycles. The highest BCUT2D eigenvalue weighted by Gasteiger charge is 2.31. The Morgan fingerprint density at radius 3 is 2.13 bits per heavy atom. The van der Waals surface area contributed by atoms with Crippen molar-refractivity contribution >= 4 is 51.3 Å². The Hall–Kier alpha value is -3.69. The number of nitrogens with two attached hydrogens (primary N) is 1. The van der Waals surface area contributed by atoms with Gasteiger partial charge in [0.05, 0.1) is 0 Å². The van der Waals surface area contributed by atoms with Gasteiger partial charge in [0.25, 0.3) is 5.91 Å². The Labute approximate surface area is 234 Å². The van der Waals surface area contributed by atoms with E-state index in [2.05, 4.69) is 31.6 Å². The molecule has 4 N–H and O–H groups in total. The SMILES string of the molecule is CC(C)(C)OC(=O)NC(C(=O)NC(C(=O)N=C(N)c1ccccc1)c1cccc(Cl)c1)c1cccc(Br)c1. The van der Waals surface area contributed by atoms with Crippen LogP contribution >= 0.6 is 27.5 Å². The van der Waals surface area contributed by atoms with Crippen molar-refractivity contribution < 1.29 is 19.1 Å². The number of rotatable bonds is 7. The number of hydrogen-bond donors (Lipinski definition) is 3. The van der Waals surface area contributed by atoms with Crippen LogP contribution in [0.15, 0.2) is 88.3 Å². The van der Waals surface area contributed by atoms with E-state index in [-0.39, 0.29) is 5.84 Å². The van der Waals surface area contributed by atoms with Crippen LogP contribution in [0.1, 0.15) is 49.5 Å². The maximum Gasteiger partial charge on any atom is 0.408 e. The summed E-state index contributed by atoms with van der Waals surface area (Å²) in [4.78, 5) is 43.6. The fourth-order valence-electron chi connectivity index (χ4n) is 3.47. The van der Waals surface area contributed by atoms with Gasteiger partial charge in [-0.1, -0.05) is 82.1 Å². The lowest BCUT2D eigenvalue weighted by Gasteiger charge is -2.25. The van der Waals surface area contributed by atoms with Gasteiger partial charge in [0.15, 0.2) is 0 Å². The average Bonchev–Trinajstić information content (AvgIpc) is 2.85. The van der Waals surface area contributed by atoms with Gasteiger partial charge in [0.1, 0.15) is 23.5 Å². The Bertz CT molecular complexity index is 1340. The number of alkyl carbamates (subject to hydrolysis) is 1. The molecule has 10 heteroatoms. The summed E-state index contributed by atoms with van der Waals surface area (Å²) in [6, 6.07) is 19.7. The van der Waals surface area contributed by atoms with Gasteiger partial charge < -0.3 is 21.1 Å². The van der Waals surface area contributed by atoms with Crippen LogP contribution in [0.3, 0.4) is 0 Å². The van der Waals surface area contributed by atoms with E-state index in [4.69, 9.17) is 22.1 Å². The third kappa shape index (κ3) is 8.43. The molecule has 0 aliphatic rings. The number of halogens is 2. The highest BCUT2D eigenvalue weighted by molar-refractivity contribution is 9.10. The molecule has 0 spiro atoms. The van der Waals surface area contributed by atoms with Crippen LogP contribution in [0.25, 0.3) is 0 Å². The van der Waals surface area contributed by atoms with E-state index in [1.165, 1.54) is 0 Å². The molecule has 2 atom stereocenters.